The lowest BCUT2D eigenvalue weighted by Gasteiger charge is -2.36. The number of hydrogen-bond donors (Lipinski definition) is 2. The summed E-state index contributed by atoms with van der Waals surface area (Å²) in [5.41, 5.74) is 2.64. The number of rotatable bonds is 11. The molecular formula is C33H36Cl2N6O4. The van der Waals surface area contributed by atoms with Crippen molar-refractivity contribution in [1.29, 1.82) is 0 Å². The van der Waals surface area contributed by atoms with Gasteiger partial charge in [0.2, 0.25) is 5.79 Å². The number of amides is 2. The molecule has 3 aromatic carbocycles. The second kappa shape index (κ2) is 14.5. The van der Waals surface area contributed by atoms with E-state index in [0.29, 0.717) is 41.9 Å². The molecule has 0 aliphatic carbocycles. The second-order valence-electron chi connectivity index (χ2n) is 11.0. The van der Waals surface area contributed by atoms with Crippen molar-refractivity contribution in [2.75, 3.05) is 62.7 Å². The molecule has 10 nitrogen and oxygen atoms in total. The van der Waals surface area contributed by atoms with Gasteiger partial charge in [-0.05, 0) is 48.5 Å². The minimum atomic E-state index is -1.09. The molecule has 0 saturated carbocycles. The van der Waals surface area contributed by atoms with E-state index in [9.17, 15) is 4.79 Å². The summed E-state index contributed by atoms with van der Waals surface area (Å²) in [6.45, 7) is 6.14. The minimum Gasteiger partial charge on any atom is -0.491 e. The number of piperazine rings is 1. The lowest BCUT2D eigenvalue weighted by molar-refractivity contribution is -0.189. The Labute approximate surface area is 272 Å². The fraction of sp³-hybridized carbons (Fsp3) is 0.333. The molecule has 2 aliphatic rings. The van der Waals surface area contributed by atoms with Crippen molar-refractivity contribution >= 4 is 40.6 Å². The molecule has 12 heteroatoms. The van der Waals surface area contributed by atoms with E-state index in [4.69, 9.17) is 37.4 Å². The van der Waals surface area contributed by atoms with Crippen molar-refractivity contribution in [3.63, 3.8) is 0 Å². The molecular weight excluding hydrogens is 615 g/mol. The molecule has 45 heavy (non-hydrogen) atoms. The number of hydrogen-bond acceptors (Lipinski definition) is 7. The van der Waals surface area contributed by atoms with Gasteiger partial charge in [-0.25, -0.2) is 9.78 Å². The summed E-state index contributed by atoms with van der Waals surface area (Å²) in [4.78, 5) is 21.0. The largest absolute Gasteiger partial charge is 0.491 e. The predicted octanol–water partition coefficient (Wildman–Crippen LogP) is 5.48. The van der Waals surface area contributed by atoms with Crippen LogP contribution in [0.3, 0.4) is 0 Å². The molecule has 2 unspecified atom stereocenters. The monoisotopic (exact) mass is 650 g/mol. The van der Waals surface area contributed by atoms with Gasteiger partial charge in [0.1, 0.15) is 18.5 Å². The number of urea groups is 1. The van der Waals surface area contributed by atoms with Crippen LogP contribution < -0.4 is 20.3 Å². The number of halogens is 2. The number of nitrogens with one attached hydrogen (secondary N) is 2. The molecule has 236 valence electrons. The second-order valence-corrected chi connectivity index (χ2v) is 11.9. The average molecular weight is 652 g/mol. The third kappa shape index (κ3) is 8.08. The Bertz CT molecular complexity index is 1530. The number of benzene rings is 3. The Morgan fingerprint density at radius 2 is 1.82 bits per heavy atom. The number of nitrogens with zero attached hydrogens (tertiary/aromatic N) is 4. The van der Waals surface area contributed by atoms with Crippen LogP contribution in [-0.4, -0.2) is 79.1 Å². The summed E-state index contributed by atoms with van der Waals surface area (Å²) >= 11 is 12.7. The quantitative estimate of drug-likeness (QED) is 0.222. The van der Waals surface area contributed by atoms with Gasteiger partial charge in [-0.2, -0.15) is 0 Å². The first-order valence-corrected chi connectivity index (χ1v) is 15.7. The Morgan fingerprint density at radius 3 is 2.56 bits per heavy atom. The number of aromatic nitrogens is 2. The standard InChI is InChI=1S/C33H36Cl2N6O4/c34-25-6-11-30(31(35)20-25)33(23-40-14-12-36-24-40)44-22-29(45-33)21-43-28-9-7-27(8-10-28)41-18-16-39(17-19-41)15-13-37-32(42)38-26-4-2-1-3-5-26/h1-12,14,20,24,29H,13,15-19,21-23H2,(H2,37,38,42). The van der Waals surface area contributed by atoms with Crippen molar-refractivity contribution in [1.82, 2.24) is 19.8 Å². The summed E-state index contributed by atoms with van der Waals surface area (Å²) in [5, 5.41) is 6.80. The molecule has 4 aromatic rings. The van der Waals surface area contributed by atoms with Crippen molar-refractivity contribution in [3.8, 4) is 5.75 Å². The van der Waals surface area contributed by atoms with E-state index in [1.807, 2.05) is 59.3 Å². The van der Waals surface area contributed by atoms with E-state index >= 15 is 0 Å². The maximum Gasteiger partial charge on any atom is 0.319 e. The highest BCUT2D eigenvalue weighted by atomic mass is 35.5. The lowest BCUT2D eigenvalue weighted by atomic mass is 10.1. The van der Waals surface area contributed by atoms with E-state index in [1.54, 1.807) is 24.7 Å². The summed E-state index contributed by atoms with van der Waals surface area (Å²) in [6, 6.07) is 22.7. The van der Waals surface area contributed by atoms with E-state index in [-0.39, 0.29) is 12.1 Å². The number of imidazole rings is 1. The van der Waals surface area contributed by atoms with Gasteiger partial charge in [-0.15, -0.1) is 0 Å². The van der Waals surface area contributed by atoms with Crippen LogP contribution in [0.15, 0.2) is 91.5 Å². The van der Waals surface area contributed by atoms with Crippen LogP contribution in [0, 0.1) is 0 Å². The van der Waals surface area contributed by atoms with Crippen molar-refractivity contribution in [2.24, 2.45) is 0 Å². The van der Waals surface area contributed by atoms with Crippen LogP contribution in [0.5, 0.6) is 5.75 Å². The summed E-state index contributed by atoms with van der Waals surface area (Å²) in [7, 11) is 0. The van der Waals surface area contributed by atoms with E-state index in [1.165, 1.54) is 0 Å². The number of carbonyl (C=O) groups is 1. The number of carbonyl (C=O) groups excluding carboxylic acids is 1. The molecule has 6 rings (SSSR count). The van der Waals surface area contributed by atoms with E-state index < -0.39 is 5.79 Å². The van der Waals surface area contributed by atoms with Crippen LogP contribution in [-0.2, 0) is 21.8 Å². The highest BCUT2D eigenvalue weighted by Crippen LogP contribution is 2.40. The first kappa shape index (κ1) is 31.2. The molecule has 0 bridgehead atoms. The smallest absolute Gasteiger partial charge is 0.319 e. The number of ether oxygens (including phenoxy) is 3. The molecule has 2 fully saturated rings. The van der Waals surface area contributed by atoms with E-state index in [2.05, 4.69) is 37.6 Å². The molecule has 0 spiro atoms. The van der Waals surface area contributed by atoms with Crippen LogP contribution >= 0.6 is 23.2 Å². The molecule has 1 aromatic heterocycles. The Kier molecular flexibility index (Phi) is 10.1. The third-order valence-corrected chi connectivity index (χ3v) is 8.45. The lowest BCUT2D eigenvalue weighted by Crippen LogP contribution is -2.48. The molecule has 2 aliphatic heterocycles. The van der Waals surface area contributed by atoms with Gasteiger partial charge in [0.25, 0.3) is 0 Å². The molecule has 2 N–H and O–H groups in total. The van der Waals surface area contributed by atoms with Gasteiger partial charge in [0, 0.05) is 73.6 Å². The third-order valence-electron chi connectivity index (χ3n) is 7.91. The first-order chi connectivity index (χ1) is 22.0. The van der Waals surface area contributed by atoms with Gasteiger partial charge >= 0.3 is 6.03 Å². The summed E-state index contributed by atoms with van der Waals surface area (Å²) in [6.07, 6.45) is 4.99. The van der Waals surface area contributed by atoms with Gasteiger partial charge < -0.3 is 34.3 Å². The number of anilines is 2. The fourth-order valence-electron chi connectivity index (χ4n) is 5.57. The van der Waals surface area contributed by atoms with Gasteiger partial charge in [-0.1, -0.05) is 47.5 Å². The van der Waals surface area contributed by atoms with Crippen molar-refractivity contribution in [2.45, 2.75) is 18.4 Å². The van der Waals surface area contributed by atoms with Crippen LogP contribution in [0.2, 0.25) is 10.0 Å². The highest BCUT2D eigenvalue weighted by Gasteiger charge is 2.45. The highest BCUT2D eigenvalue weighted by molar-refractivity contribution is 6.35. The van der Waals surface area contributed by atoms with Crippen LogP contribution in [0.1, 0.15) is 5.56 Å². The topological polar surface area (TPSA) is 93.1 Å². The average Bonchev–Trinajstić information content (AvgIpc) is 3.72. The summed E-state index contributed by atoms with van der Waals surface area (Å²) in [5.74, 6) is -0.329. The summed E-state index contributed by atoms with van der Waals surface area (Å²) < 4.78 is 20.8. The van der Waals surface area contributed by atoms with Gasteiger partial charge in [0.05, 0.1) is 24.5 Å². The molecule has 2 amide bonds. The van der Waals surface area contributed by atoms with Crippen LogP contribution in [0.4, 0.5) is 16.2 Å². The molecule has 2 atom stereocenters. The van der Waals surface area contributed by atoms with Crippen molar-refractivity contribution in [3.05, 3.63) is 107 Å². The minimum absolute atomic E-state index is 0.186. The molecule has 2 saturated heterocycles. The fourth-order valence-corrected chi connectivity index (χ4v) is 6.12. The molecule has 0 radical (unpaired) electrons. The Morgan fingerprint density at radius 1 is 1.02 bits per heavy atom. The maximum absolute atomic E-state index is 12.1. The zero-order valence-electron chi connectivity index (χ0n) is 24.8. The Balaban J connectivity index is 0.955. The SMILES string of the molecule is O=C(NCCN1CCN(c2ccc(OCC3COC(Cn4ccnc4)(c4ccc(Cl)cc4Cl)O3)cc2)CC1)Nc1ccccc1. The predicted molar refractivity (Wildman–Crippen MR) is 175 cm³/mol. The Hall–Kier alpha value is -3.80. The molecule has 3 heterocycles. The van der Waals surface area contributed by atoms with Gasteiger partial charge in [0.15, 0.2) is 0 Å². The zero-order valence-corrected chi connectivity index (χ0v) is 26.3. The zero-order chi connectivity index (χ0) is 31.1. The van der Waals surface area contributed by atoms with E-state index in [0.717, 1.165) is 49.8 Å². The van der Waals surface area contributed by atoms with Gasteiger partial charge in [-0.3, -0.25) is 4.90 Å². The normalized spacial score (nSPS) is 20.2. The van der Waals surface area contributed by atoms with Crippen LogP contribution in [0.25, 0.3) is 0 Å². The van der Waals surface area contributed by atoms with Crippen molar-refractivity contribution < 1.29 is 19.0 Å². The maximum atomic E-state index is 12.1. The number of para-hydroxylation sites is 1. The first-order valence-electron chi connectivity index (χ1n) is 15.0.